The number of quaternary nitrogens is 1. The van der Waals surface area contributed by atoms with Gasteiger partial charge in [-0.1, -0.05) is 12.1 Å². The molecule has 1 rings (SSSR count). The summed E-state index contributed by atoms with van der Waals surface area (Å²) in [6.07, 6.45) is 0. The average molecular weight is 200 g/mol. The lowest BCUT2D eigenvalue weighted by atomic mass is 10.2. The number of nitroso groups, excluding NO2 is 1. The molecule has 0 bridgehead atoms. The summed E-state index contributed by atoms with van der Waals surface area (Å²) >= 11 is 4.10. The Balaban J connectivity index is 2.83. The van der Waals surface area contributed by atoms with Crippen LogP contribution in [-0.4, -0.2) is 0 Å². The molecular formula is C7H10N3O2S+2. The Labute approximate surface area is 80.7 Å². The zero-order valence-electron chi connectivity index (χ0n) is 6.88. The van der Waals surface area contributed by atoms with E-state index in [1.54, 1.807) is 12.1 Å². The number of hydrogen-bond donors (Lipinski definition) is 2. The number of benzene rings is 1. The van der Waals surface area contributed by atoms with E-state index in [4.69, 9.17) is 0 Å². The standard InChI is InChI=1S/C7H9N3O2S/c8-12-10(9-11)7-3-1-6(5-13)2-4-7/h1-4H,5H2,8H3/q+1/p+1. The third-order valence-corrected chi connectivity index (χ3v) is 1.90. The Morgan fingerprint density at radius 2 is 2.08 bits per heavy atom. The summed E-state index contributed by atoms with van der Waals surface area (Å²) in [6.45, 7) is 0. The lowest BCUT2D eigenvalue weighted by Crippen LogP contribution is -2.56. The van der Waals surface area contributed by atoms with E-state index < -0.39 is 0 Å². The van der Waals surface area contributed by atoms with Crippen LogP contribution in [0, 0.1) is 4.91 Å². The minimum Gasteiger partial charge on any atom is -0.180 e. The molecule has 0 fully saturated rings. The fourth-order valence-corrected chi connectivity index (χ4v) is 1.08. The van der Waals surface area contributed by atoms with E-state index in [1.807, 2.05) is 12.1 Å². The molecule has 13 heavy (non-hydrogen) atoms. The fraction of sp³-hybridized carbons (Fsp3) is 0.143. The Bertz CT molecular complexity index is 278. The molecule has 1 radical (unpaired) electrons. The summed E-state index contributed by atoms with van der Waals surface area (Å²) in [4.78, 5) is 14.6. The fourth-order valence-electron chi connectivity index (χ4n) is 0.874. The molecule has 0 heterocycles. The first-order valence-corrected chi connectivity index (χ1v) is 4.20. The summed E-state index contributed by atoms with van der Waals surface area (Å²) in [6, 6.07) is 7.08. The maximum Gasteiger partial charge on any atom is 0.519 e. The highest BCUT2D eigenvalue weighted by atomic mass is 32.1. The van der Waals surface area contributed by atoms with Crippen LogP contribution in [0.25, 0.3) is 0 Å². The first kappa shape index (κ1) is 9.97. The van der Waals surface area contributed by atoms with Crippen LogP contribution >= 0.6 is 12.6 Å². The van der Waals surface area contributed by atoms with Crippen LogP contribution in [-0.2, 0) is 10.7 Å². The van der Waals surface area contributed by atoms with Crippen LogP contribution in [0.4, 0.5) is 5.69 Å². The van der Waals surface area contributed by atoms with Gasteiger partial charge in [0.25, 0.3) is 0 Å². The number of rotatable bonds is 4. The predicted octanol–water partition coefficient (Wildman–Crippen LogP) is 0.0285. The number of anilines is 1. The highest BCUT2D eigenvalue weighted by molar-refractivity contribution is 7.79. The van der Waals surface area contributed by atoms with E-state index in [-0.39, 0.29) is 0 Å². The van der Waals surface area contributed by atoms with Gasteiger partial charge in [0.05, 0.1) is 0 Å². The van der Waals surface area contributed by atoms with Gasteiger partial charge >= 0.3 is 5.29 Å². The molecule has 0 aliphatic carbocycles. The lowest BCUT2D eigenvalue weighted by molar-refractivity contribution is -0.695. The Morgan fingerprint density at radius 3 is 2.46 bits per heavy atom. The molecule has 3 N–H and O–H groups in total. The second-order valence-electron chi connectivity index (χ2n) is 2.31. The van der Waals surface area contributed by atoms with Crippen molar-refractivity contribution in [3.05, 3.63) is 34.7 Å². The summed E-state index contributed by atoms with van der Waals surface area (Å²) in [5, 5.41) is 3.41. The molecule has 0 spiro atoms. The van der Waals surface area contributed by atoms with E-state index >= 15 is 0 Å². The Kier molecular flexibility index (Phi) is 3.69. The van der Waals surface area contributed by atoms with Gasteiger partial charge in [0, 0.05) is 5.75 Å². The highest BCUT2D eigenvalue weighted by Gasteiger charge is 2.20. The van der Waals surface area contributed by atoms with Crippen molar-refractivity contribution >= 4 is 18.3 Å². The largest absolute Gasteiger partial charge is 0.519 e. The summed E-state index contributed by atoms with van der Waals surface area (Å²) in [5.41, 5.74) is 1.59. The normalized spacial score (nSPS) is 9.69. The van der Waals surface area contributed by atoms with Crippen molar-refractivity contribution in [2.75, 3.05) is 5.17 Å². The molecule has 0 saturated carbocycles. The third kappa shape index (κ3) is 2.41. The van der Waals surface area contributed by atoms with Gasteiger partial charge in [0.2, 0.25) is 0 Å². The molecule has 5 nitrogen and oxygen atoms in total. The van der Waals surface area contributed by atoms with Gasteiger partial charge in [-0.05, 0) is 22.6 Å². The first-order valence-electron chi connectivity index (χ1n) is 3.57. The van der Waals surface area contributed by atoms with Crippen molar-refractivity contribution in [2.45, 2.75) is 5.75 Å². The molecule has 0 aliphatic rings. The molecule has 0 unspecified atom stereocenters. The van der Waals surface area contributed by atoms with E-state index in [9.17, 15) is 4.91 Å². The Morgan fingerprint density at radius 1 is 1.46 bits per heavy atom. The maximum absolute atomic E-state index is 10.2. The first-order chi connectivity index (χ1) is 6.31. The molecule has 0 saturated heterocycles. The monoisotopic (exact) mass is 200 g/mol. The molecule has 0 atom stereocenters. The van der Waals surface area contributed by atoms with Crippen molar-refractivity contribution in [3.63, 3.8) is 0 Å². The van der Waals surface area contributed by atoms with Gasteiger partial charge in [0.15, 0.2) is 5.17 Å². The van der Waals surface area contributed by atoms with E-state index in [0.29, 0.717) is 11.4 Å². The van der Waals surface area contributed by atoms with Crippen LogP contribution in [0.2, 0.25) is 0 Å². The van der Waals surface area contributed by atoms with Crippen molar-refractivity contribution in [3.8, 4) is 0 Å². The number of thiol groups is 1. The molecule has 6 heteroatoms. The quantitative estimate of drug-likeness (QED) is 0.532. The molecule has 0 aliphatic heterocycles. The minimum absolute atomic E-state index is 0.538. The third-order valence-electron chi connectivity index (χ3n) is 1.54. The number of hydrogen-bond acceptors (Lipinski definition) is 4. The molecule has 0 aromatic heterocycles. The van der Waals surface area contributed by atoms with Gasteiger partial charge in [-0.3, -0.25) is 0 Å². The highest BCUT2D eigenvalue weighted by Crippen LogP contribution is 2.13. The Hall–Kier alpha value is -1.11. The van der Waals surface area contributed by atoms with Gasteiger partial charge in [-0.15, -0.1) is 0 Å². The summed E-state index contributed by atoms with van der Waals surface area (Å²) < 4.78 is 0. The summed E-state index contributed by atoms with van der Waals surface area (Å²) in [7, 11) is 0. The van der Waals surface area contributed by atoms with E-state index in [0.717, 1.165) is 10.7 Å². The zero-order valence-corrected chi connectivity index (χ0v) is 7.78. The second kappa shape index (κ2) is 4.80. The van der Waals surface area contributed by atoms with Crippen LogP contribution in [0.1, 0.15) is 5.56 Å². The van der Waals surface area contributed by atoms with E-state index in [2.05, 4.69) is 28.7 Å². The van der Waals surface area contributed by atoms with Gasteiger partial charge in [-0.2, -0.15) is 18.5 Å². The van der Waals surface area contributed by atoms with Crippen LogP contribution in [0.3, 0.4) is 0 Å². The molecule has 0 amide bonds. The predicted molar refractivity (Wildman–Crippen MR) is 51.1 cm³/mol. The van der Waals surface area contributed by atoms with Crippen LogP contribution in [0.15, 0.2) is 24.3 Å². The van der Waals surface area contributed by atoms with Crippen molar-refractivity contribution < 1.29 is 10.8 Å². The average Bonchev–Trinajstić information content (AvgIpc) is 2.21. The SMILES string of the molecule is [NH3+]ON([N+]=O)c1ccc(CS)cc1. The summed E-state index contributed by atoms with van der Waals surface area (Å²) in [5.74, 6) is 3.75. The lowest BCUT2D eigenvalue weighted by Gasteiger charge is -1.98. The smallest absolute Gasteiger partial charge is 0.180 e. The second-order valence-corrected chi connectivity index (χ2v) is 2.62. The van der Waals surface area contributed by atoms with Gasteiger partial charge in [0.1, 0.15) is 10.6 Å². The van der Waals surface area contributed by atoms with Gasteiger partial charge in [-0.25, -0.2) is 0 Å². The topological polar surface area (TPSA) is 71.3 Å². The molecular weight excluding hydrogens is 190 g/mol. The molecule has 69 valence electrons. The van der Waals surface area contributed by atoms with Crippen LogP contribution in [0.5, 0.6) is 0 Å². The van der Waals surface area contributed by atoms with Crippen molar-refractivity contribution in [1.82, 2.24) is 5.29 Å². The van der Waals surface area contributed by atoms with Gasteiger partial charge < -0.3 is 0 Å². The number of nitrogens with zero attached hydrogens (tertiary/aromatic N) is 2. The molecule has 1 aromatic rings. The van der Waals surface area contributed by atoms with E-state index in [1.165, 1.54) is 0 Å². The minimum atomic E-state index is 0.538. The molecule has 1 aromatic carbocycles. The van der Waals surface area contributed by atoms with Crippen molar-refractivity contribution in [2.24, 2.45) is 0 Å². The zero-order chi connectivity index (χ0) is 9.68. The van der Waals surface area contributed by atoms with Crippen molar-refractivity contribution in [1.29, 1.82) is 0 Å². The maximum atomic E-state index is 10.2. The van der Waals surface area contributed by atoms with Crippen LogP contribution < -0.4 is 16.4 Å².